The molecule has 0 aliphatic carbocycles. The van der Waals surface area contributed by atoms with E-state index < -0.39 is 26.5 Å². The van der Waals surface area contributed by atoms with Gasteiger partial charge in [0.05, 0.1) is 0 Å². The minimum atomic E-state index is -3.21. The van der Waals surface area contributed by atoms with Crippen molar-refractivity contribution in [3.05, 3.63) is 229 Å². The summed E-state index contributed by atoms with van der Waals surface area (Å²) in [6, 6.07) is 57.1. The molecule has 0 spiro atoms. The fourth-order valence-corrected chi connectivity index (χ4v) is 6.52. The highest BCUT2D eigenvalue weighted by Gasteiger charge is 2.24. The van der Waals surface area contributed by atoms with Crippen molar-refractivity contribution in [3.8, 4) is 0 Å². The van der Waals surface area contributed by atoms with Crippen molar-refractivity contribution >= 4 is 72.1 Å². The zero-order chi connectivity index (χ0) is 41.8. The first-order valence-electron chi connectivity index (χ1n) is 18.8. The summed E-state index contributed by atoms with van der Waals surface area (Å²) in [5.41, 5.74) is 5.61. The third kappa shape index (κ3) is 10.1. The number of allylic oxidation sites excluding steroid dienone is 2. The molecule has 12 heteroatoms. The van der Waals surface area contributed by atoms with Crippen molar-refractivity contribution in [1.29, 1.82) is 0 Å². The lowest BCUT2D eigenvalue weighted by Gasteiger charge is -2.25. The Labute approximate surface area is 345 Å². The molecule has 0 atom stereocenters. The summed E-state index contributed by atoms with van der Waals surface area (Å²) in [6.45, 7) is 0. The highest BCUT2D eigenvalue weighted by Crippen LogP contribution is 2.36. The molecule has 7 rings (SSSR count). The summed E-state index contributed by atoms with van der Waals surface area (Å²) >= 11 is 0. The fourth-order valence-electron chi connectivity index (χ4n) is 6.52. The van der Waals surface area contributed by atoms with Crippen LogP contribution in [0.4, 0.5) is 51.4 Å². The maximum Gasteiger partial charge on any atom is 0.796 e. The van der Waals surface area contributed by atoms with Crippen molar-refractivity contribution in [2.24, 2.45) is 0 Å². The van der Waals surface area contributed by atoms with Crippen molar-refractivity contribution in [1.82, 2.24) is 0 Å². The Morgan fingerprint density at radius 1 is 0.350 bits per heavy atom. The third-order valence-electron chi connectivity index (χ3n) is 9.29. The van der Waals surface area contributed by atoms with Crippen LogP contribution in [-0.2, 0) is 9.31 Å². The molecule has 0 heterocycles. The number of hydrogen-bond donors (Lipinski definition) is 0. The minimum absolute atomic E-state index is 0.0721. The number of nitrogens with zero attached hydrogens (tertiary/aromatic N) is 2. The average Bonchev–Trinajstić information content (AvgIpc) is 3.28. The standard InChI is InChI=1S/C48H34B2F4N2O4/c51-49(52)59-47(37-25-29-43(30-26-37)55(39-13-5-1-6-14-39)40-15-7-2-8-16-40)33-45(57)35-21-23-36(24-22-35)46(58)34-48(60-50(53)54)38-27-31-44(32-28-38)56(41-17-9-3-10-18-41)42-19-11-4-12-20-42/h1-34H/b47-33-,48-34-. The molecule has 0 unspecified atom stereocenters. The number of carbonyl (C=O) groups excluding carboxylic acids is 2. The largest absolute Gasteiger partial charge is 0.796 e. The first kappa shape index (κ1) is 40.6. The van der Waals surface area contributed by atoms with Crippen LogP contribution in [0, 0.1) is 0 Å². The molecule has 0 aliphatic rings. The van der Waals surface area contributed by atoms with E-state index in [1.165, 1.54) is 24.3 Å². The Kier molecular flexibility index (Phi) is 13.0. The van der Waals surface area contributed by atoms with E-state index in [0.717, 1.165) is 46.3 Å². The monoisotopic (exact) mass is 800 g/mol. The molecule has 0 aromatic heterocycles. The van der Waals surface area contributed by atoms with Crippen LogP contribution in [0.25, 0.3) is 11.5 Å². The second-order valence-electron chi connectivity index (χ2n) is 13.2. The zero-order valence-corrected chi connectivity index (χ0v) is 31.8. The molecular weight excluding hydrogens is 766 g/mol. The minimum Gasteiger partial charge on any atom is -0.505 e. The lowest BCUT2D eigenvalue weighted by atomic mass is 10.0. The van der Waals surface area contributed by atoms with Gasteiger partial charge in [0, 0.05) is 68.5 Å². The van der Waals surface area contributed by atoms with Crippen LogP contribution in [-0.4, -0.2) is 26.5 Å². The molecule has 0 N–H and O–H groups in total. The van der Waals surface area contributed by atoms with Gasteiger partial charge in [0.25, 0.3) is 0 Å². The van der Waals surface area contributed by atoms with Gasteiger partial charge in [-0.15, -0.1) is 0 Å². The van der Waals surface area contributed by atoms with Crippen molar-refractivity contribution < 1.29 is 36.2 Å². The number of rotatable bonds is 16. The number of carbonyl (C=O) groups is 2. The first-order valence-corrected chi connectivity index (χ1v) is 18.8. The lowest BCUT2D eigenvalue weighted by Crippen LogP contribution is -2.10. The molecule has 0 fully saturated rings. The van der Waals surface area contributed by atoms with Gasteiger partial charge in [-0.25, -0.2) is 17.3 Å². The Bertz CT molecular complexity index is 2300. The quantitative estimate of drug-likeness (QED) is 0.0319. The summed E-state index contributed by atoms with van der Waals surface area (Å²) in [5, 5.41) is 0. The molecule has 7 aromatic carbocycles. The van der Waals surface area contributed by atoms with Crippen LogP contribution in [0.15, 0.2) is 206 Å². The molecule has 6 nitrogen and oxygen atoms in total. The number of ketones is 2. The number of benzene rings is 7. The van der Waals surface area contributed by atoms with Gasteiger partial charge in [0.15, 0.2) is 11.6 Å². The van der Waals surface area contributed by atoms with E-state index in [2.05, 4.69) is 0 Å². The van der Waals surface area contributed by atoms with E-state index in [1.54, 1.807) is 48.5 Å². The Morgan fingerprint density at radius 3 is 0.833 bits per heavy atom. The molecule has 0 aliphatic heterocycles. The van der Waals surface area contributed by atoms with Crippen LogP contribution < -0.4 is 9.80 Å². The van der Waals surface area contributed by atoms with E-state index in [4.69, 9.17) is 9.31 Å². The highest BCUT2D eigenvalue weighted by molar-refractivity contribution is 6.36. The predicted molar refractivity (Wildman–Crippen MR) is 231 cm³/mol. The molecule has 294 valence electrons. The summed E-state index contributed by atoms with van der Waals surface area (Å²) in [6.07, 6.45) is 1.91. The molecular formula is C48H34B2F4N2O4. The number of para-hydroxylation sites is 4. The smallest absolute Gasteiger partial charge is 0.505 e. The molecule has 60 heavy (non-hydrogen) atoms. The summed E-state index contributed by atoms with van der Waals surface area (Å²) in [5.74, 6) is -2.04. The first-order chi connectivity index (χ1) is 29.2. The van der Waals surface area contributed by atoms with Crippen LogP contribution in [0.3, 0.4) is 0 Å². The highest BCUT2D eigenvalue weighted by atomic mass is 19.2. The Balaban J connectivity index is 1.10. The normalized spacial score (nSPS) is 11.3. The van der Waals surface area contributed by atoms with Gasteiger partial charge in [-0.2, -0.15) is 0 Å². The van der Waals surface area contributed by atoms with E-state index in [-0.39, 0.29) is 33.8 Å². The van der Waals surface area contributed by atoms with Gasteiger partial charge in [0.2, 0.25) is 0 Å². The molecule has 7 aromatic rings. The molecule has 0 bridgehead atoms. The summed E-state index contributed by atoms with van der Waals surface area (Å²) < 4.78 is 64.1. The number of halogens is 4. The van der Waals surface area contributed by atoms with Gasteiger partial charge in [-0.3, -0.25) is 9.59 Å². The summed E-state index contributed by atoms with van der Waals surface area (Å²) in [4.78, 5) is 30.7. The second-order valence-corrected chi connectivity index (χ2v) is 13.2. The van der Waals surface area contributed by atoms with E-state index in [1.807, 2.05) is 131 Å². The predicted octanol–water partition coefficient (Wildman–Crippen LogP) is 13.0. The Hall–Kier alpha value is -7.59. The summed E-state index contributed by atoms with van der Waals surface area (Å²) in [7, 11) is -6.43. The number of hydrogen-bond acceptors (Lipinski definition) is 6. The molecule has 0 radical (unpaired) electrons. The maximum atomic E-state index is 13.6. The second kappa shape index (κ2) is 19.2. The van der Waals surface area contributed by atoms with Gasteiger partial charge >= 0.3 is 14.9 Å². The van der Waals surface area contributed by atoms with Crippen LogP contribution in [0.5, 0.6) is 0 Å². The van der Waals surface area contributed by atoms with Crippen molar-refractivity contribution in [2.75, 3.05) is 9.80 Å². The fraction of sp³-hybridized carbons (Fsp3) is 0. The van der Waals surface area contributed by atoms with Crippen LogP contribution in [0.1, 0.15) is 31.8 Å². The van der Waals surface area contributed by atoms with Gasteiger partial charge in [-0.1, -0.05) is 97.1 Å². The Morgan fingerprint density at radius 2 is 0.583 bits per heavy atom. The molecule has 0 saturated carbocycles. The zero-order valence-electron chi connectivity index (χ0n) is 31.8. The van der Waals surface area contributed by atoms with E-state index in [0.29, 0.717) is 0 Å². The van der Waals surface area contributed by atoms with Gasteiger partial charge in [0.1, 0.15) is 11.5 Å². The number of anilines is 6. The van der Waals surface area contributed by atoms with Gasteiger partial charge < -0.3 is 19.1 Å². The average molecular weight is 800 g/mol. The molecule has 0 amide bonds. The topological polar surface area (TPSA) is 59.1 Å². The van der Waals surface area contributed by atoms with Crippen LogP contribution >= 0.6 is 0 Å². The SMILES string of the molecule is O=C(/C=C(\OB(F)F)c1ccc(N(c2ccccc2)c2ccccc2)cc1)c1ccc(C(=O)/C=C(\OB(F)F)c2ccc(N(c3ccccc3)c3ccccc3)cc2)cc1. The van der Waals surface area contributed by atoms with Crippen LogP contribution in [0.2, 0.25) is 0 Å². The van der Waals surface area contributed by atoms with Gasteiger partial charge in [-0.05, 0) is 97.1 Å². The lowest BCUT2D eigenvalue weighted by molar-refractivity contribution is 0.103. The van der Waals surface area contributed by atoms with Crippen molar-refractivity contribution in [2.45, 2.75) is 0 Å². The molecule has 0 saturated heterocycles. The van der Waals surface area contributed by atoms with E-state index in [9.17, 15) is 26.9 Å². The maximum absolute atomic E-state index is 13.6. The van der Waals surface area contributed by atoms with E-state index >= 15 is 0 Å². The third-order valence-corrected chi connectivity index (χ3v) is 9.29. The van der Waals surface area contributed by atoms with Crippen molar-refractivity contribution in [3.63, 3.8) is 0 Å².